The van der Waals surface area contributed by atoms with E-state index in [4.69, 9.17) is 5.11 Å². The van der Waals surface area contributed by atoms with E-state index in [1.807, 2.05) is 0 Å². The molecule has 0 amide bonds. The molecule has 0 aromatic rings. The Morgan fingerprint density at radius 2 is 2.45 bits per heavy atom. The van der Waals surface area contributed by atoms with E-state index in [1.165, 1.54) is 6.08 Å². The summed E-state index contributed by atoms with van der Waals surface area (Å²) < 4.78 is 0.675. The van der Waals surface area contributed by atoms with Crippen LogP contribution in [0.5, 0.6) is 0 Å². The van der Waals surface area contributed by atoms with Gasteiger partial charge in [-0.25, -0.2) is 0 Å². The smallest absolute Gasteiger partial charge is 0.314 e. The third kappa shape index (κ3) is 2.00. The Morgan fingerprint density at radius 1 is 1.73 bits per heavy atom. The molecule has 0 bridgehead atoms. The molecule has 1 aliphatic heterocycles. The van der Waals surface area contributed by atoms with Gasteiger partial charge in [0.25, 0.3) is 0 Å². The molecule has 0 atom stereocenters. The van der Waals surface area contributed by atoms with E-state index in [9.17, 15) is 9.70 Å². The quantitative estimate of drug-likeness (QED) is 0.595. The van der Waals surface area contributed by atoms with Crippen molar-refractivity contribution in [3.05, 3.63) is 28.8 Å². The maximum Gasteiger partial charge on any atom is 0.314 e. The van der Waals surface area contributed by atoms with Crippen LogP contribution in [0.4, 0.5) is 0 Å². The normalized spacial score (nSPS) is 16.4. The van der Waals surface area contributed by atoms with Crippen molar-refractivity contribution in [3.8, 4) is 0 Å². The van der Waals surface area contributed by atoms with Crippen LogP contribution in [-0.4, -0.2) is 22.4 Å². The zero-order valence-corrected chi connectivity index (χ0v) is 5.86. The van der Waals surface area contributed by atoms with Crippen LogP contribution >= 0.6 is 0 Å². The molecule has 1 rings (SSSR count). The second kappa shape index (κ2) is 3.09. The average molecular weight is 154 g/mol. The highest BCUT2D eigenvalue weighted by atomic mass is 16.4. The molecule has 0 unspecified atom stereocenters. The maximum atomic E-state index is 10.9. The summed E-state index contributed by atoms with van der Waals surface area (Å²) in [5, 5.41) is 8.35. The molecule has 1 aliphatic rings. The molecule has 0 aromatic carbocycles. The molecule has 0 radical (unpaired) electrons. The number of hydrogen-bond donors (Lipinski definition) is 1. The first-order valence-electron chi connectivity index (χ1n) is 3.22. The van der Waals surface area contributed by atoms with Crippen molar-refractivity contribution >= 4 is 5.97 Å². The van der Waals surface area contributed by atoms with Crippen LogP contribution in [-0.2, 0) is 4.79 Å². The largest absolute Gasteiger partial charge is 0.481 e. The SMILES string of the molecule is O=C(O)CC1=CC=CC[N+]1=O. The minimum Gasteiger partial charge on any atom is -0.481 e. The summed E-state index contributed by atoms with van der Waals surface area (Å²) in [6.07, 6.45) is 4.68. The van der Waals surface area contributed by atoms with E-state index in [-0.39, 0.29) is 13.0 Å². The second-order valence-electron chi connectivity index (χ2n) is 2.22. The number of aliphatic carboxylic acids is 1. The van der Waals surface area contributed by atoms with Crippen LogP contribution in [0.15, 0.2) is 23.9 Å². The number of nitroso groups, excluding NO2 is 1. The Kier molecular flexibility index (Phi) is 2.15. The van der Waals surface area contributed by atoms with Crippen LogP contribution in [0.25, 0.3) is 0 Å². The third-order valence-corrected chi connectivity index (χ3v) is 1.35. The molecule has 4 nitrogen and oxygen atoms in total. The first-order chi connectivity index (χ1) is 5.20. The zero-order chi connectivity index (χ0) is 8.27. The lowest BCUT2D eigenvalue weighted by Gasteiger charge is -1.95. The predicted octanol–water partition coefficient (Wildman–Crippen LogP) is 0.694. The molecule has 0 aromatic heterocycles. The van der Waals surface area contributed by atoms with E-state index < -0.39 is 5.97 Å². The van der Waals surface area contributed by atoms with Gasteiger partial charge in [0.15, 0.2) is 0 Å². The third-order valence-electron chi connectivity index (χ3n) is 1.35. The van der Waals surface area contributed by atoms with Crippen LogP contribution in [0.1, 0.15) is 6.42 Å². The van der Waals surface area contributed by atoms with Crippen LogP contribution in [0.3, 0.4) is 0 Å². The molecule has 0 saturated heterocycles. The summed E-state index contributed by atoms with van der Waals surface area (Å²) in [6.45, 7) is 0.249. The first kappa shape index (κ1) is 7.65. The van der Waals surface area contributed by atoms with Gasteiger partial charge in [-0.3, -0.25) is 4.79 Å². The van der Waals surface area contributed by atoms with Crippen LogP contribution in [0.2, 0.25) is 0 Å². The van der Waals surface area contributed by atoms with Crippen molar-refractivity contribution in [3.63, 3.8) is 0 Å². The number of carboxylic acid groups (broad SMARTS) is 1. The van der Waals surface area contributed by atoms with Gasteiger partial charge in [-0.15, -0.1) is 0 Å². The molecule has 58 valence electrons. The van der Waals surface area contributed by atoms with E-state index in [2.05, 4.69) is 0 Å². The van der Waals surface area contributed by atoms with E-state index in [1.54, 1.807) is 12.2 Å². The lowest BCUT2D eigenvalue weighted by atomic mass is 10.2. The summed E-state index contributed by atoms with van der Waals surface area (Å²) in [5.41, 5.74) is 0.306. The van der Waals surface area contributed by atoms with Gasteiger partial charge >= 0.3 is 5.97 Å². The Labute approximate surface area is 63.4 Å². The number of allylic oxidation sites excluding steroid dienone is 2. The Balaban J connectivity index is 2.68. The summed E-state index contributed by atoms with van der Waals surface area (Å²) >= 11 is 0. The molecule has 0 aliphatic carbocycles. The molecule has 1 N–H and O–H groups in total. The summed E-state index contributed by atoms with van der Waals surface area (Å²) in [4.78, 5) is 21.0. The van der Waals surface area contributed by atoms with Crippen molar-refractivity contribution in [2.75, 3.05) is 6.54 Å². The van der Waals surface area contributed by atoms with E-state index in [0.717, 1.165) is 0 Å². The Hall–Kier alpha value is -1.45. The van der Waals surface area contributed by atoms with Gasteiger partial charge < -0.3 is 5.11 Å². The zero-order valence-electron chi connectivity index (χ0n) is 5.86. The Morgan fingerprint density at radius 3 is 3.00 bits per heavy atom. The lowest BCUT2D eigenvalue weighted by Crippen LogP contribution is -2.13. The van der Waals surface area contributed by atoms with E-state index in [0.29, 0.717) is 10.5 Å². The molecule has 0 spiro atoms. The summed E-state index contributed by atoms with van der Waals surface area (Å²) in [6, 6.07) is 0. The van der Waals surface area contributed by atoms with E-state index >= 15 is 0 Å². The summed E-state index contributed by atoms with van der Waals surface area (Å²) in [7, 11) is 0. The van der Waals surface area contributed by atoms with Crippen LogP contribution < -0.4 is 0 Å². The fraction of sp³-hybridized carbons (Fsp3) is 0.286. The molecular formula is C7H8NO3+. The highest BCUT2D eigenvalue weighted by Gasteiger charge is 2.20. The minimum absolute atomic E-state index is 0.201. The van der Waals surface area contributed by atoms with Gasteiger partial charge in [0, 0.05) is 15.7 Å². The van der Waals surface area contributed by atoms with Crippen molar-refractivity contribution in [2.24, 2.45) is 0 Å². The van der Waals surface area contributed by atoms with Crippen molar-refractivity contribution < 1.29 is 14.7 Å². The van der Waals surface area contributed by atoms with Gasteiger partial charge in [0.2, 0.25) is 12.2 Å². The van der Waals surface area contributed by atoms with Crippen molar-refractivity contribution in [2.45, 2.75) is 6.42 Å². The summed E-state index contributed by atoms with van der Waals surface area (Å²) in [5.74, 6) is -0.979. The number of carbonyl (C=O) groups is 1. The van der Waals surface area contributed by atoms with Gasteiger partial charge in [-0.1, -0.05) is 6.08 Å². The van der Waals surface area contributed by atoms with Crippen LogP contribution in [0, 0.1) is 4.91 Å². The predicted molar refractivity (Wildman–Crippen MR) is 38.0 cm³/mol. The molecule has 1 heterocycles. The Bertz CT molecular complexity index is 252. The standard InChI is InChI=1S/C7H7NO3/c9-7(10)5-6-3-1-2-4-8(6)11/h1-3H,4-5H2/p+1. The van der Waals surface area contributed by atoms with Crippen molar-refractivity contribution in [1.82, 2.24) is 0 Å². The van der Waals surface area contributed by atoms with Gasteiger partial charge in [0.1, 0.15) is 6.42 Å². The van der Waals surface area contributed by atoms with Gasteiger partial charge in [-0.2, -0.15) is 0 Å². The molecule has 0 fully saturated rings. The fourth-order valence-corrected chi connectivity index (χ4v) is 0.838. The molecule has 4 heteroatoms. The lowest BCUT2D eigenvalue weighted by molar-refractivity contribution is -0.491. The minimum atomic E-state index is -0.979. The van der Waals surface area contributed by atoms with Gasteiger partial charge in [0.05, 0.1) is 0 Å². The number of nitrogens with zero attached hydrogens (tertiary/aromatic N) is 1. The highest BCUT2D eigenvalue weighted by Crippen LogP contribution is 2.07. The first-order valence-corrected chi connectivity index (χ1v) is 3.22. The highest BCUT2D eigenvalue weighted by molar-refractivity contribution is 5.69. The molecular weight excluding hydrogens is 146 g/mol. The number of carboxylic acids is 1. The van der Waals surface area contributed by atoms with Gasteiger partial charge in [-0.05, 0) is 6.08 Å². The molecule has 11 heavy (non-hydrogen) atoms. The number of hydrogen-bond acceptors (Lipinski definition) is 2. The second-order valence-corrected chi connectivity index (χ2v) is 2.22. The molecule has 0 saturated carbocycles. The number of rotatable bonds is 2. The average Bonchev–Trinajstić information content (AvgIpc) is 1.93. The monoisotopic (exact) mass is 154 g/mol. The fourth-order valence-electron chi connectivity index (χ4n) is 0.838. The maximum absolute atomic E-state index is 10.9. The topological polar surface area (TPSA) is 57.4 Å². The van der Waals surface area contributed by atoms with Crippen molar-refractivity contribution in [1.29, 1.82) is 0 Å².